The van der Waals surface area contributed by atoms with Gasteiger partial charge < -0.3 is 9.32 Å². The summed E-state index contributed by atoms with van der Waals surface area (Å²) in [5.41, 5.74) is 2.53. The molecule has 7 heteroatoms. The standard InChI is InChI=1S/C18H14FN5O/c19-14-4-12(7-20)5-15(6-14)24-3-1-2-17-16(10-24)23-18(25-17)13-8-21-11-22-9-13/h4-6,8-9,11H,1-3,10H2. The molecule has 0 radical (unpaired) electrons. The third-order valence-electron chi connectivity index (χ3n) is 4.14. The maximum Gasteiger partial charge on any atom is 0.229 e. The van der Waals surface area contributed by atoms with E-state index in [9.17, 15) is 4.39 Å². The molecule has 0 amide bonds. The first-order valence-corrected chi connectivity index (χ1v) is 7.92. The van der Waals surface area contributed by atoms with E-state index in [-0.39, 0.29) is 0 Å². The molecule has 0 atom stereocenters. The van der Waals surface area contributed by atoms with Crippen LogP contribution >= 0.6 is 0 Å². The second-order valence-corrected chi connectivity index (χ2v) is 5.85. The highest BCUT2D eigenvalue weighted by atomic mass is 19.1. The van der Waals surface area contributed by atoms with Gasteiger partial charge in [-0.2, -0.15) is 5.26 Å². The molecule has 0 saturated carbocycles. The quantitative estimate of drug-likeness (QED) is 0.716. The van der Waals surface area contributed by atoms with Gasteiger partial charge in [-0.25, -0.2) is 19.3 Å². The molecule has 0 bridgehead atoms. The van der Waals surface area contributed by atoms with E-state index in [0.717, 1.165) is 36.4 Å². The van der Waals surface area contributed by atoms with Crippen LogP contribution in [0.2, 0.25) is 0 Å². The average Bonchev–Trinajstić information content (AvgIpc) is 2.93. The number of halogens is 1. The molecule has 1 aliphatic rings. The Labute approximate surface area is 143 Å². The van der Waals surface area contributed by atoms with E-state index >= 15 is 0 Å². The third kappa shape index (κ3) is 3.06. The lowest BCUT2D eigenvalue weighted by Crippen LogP contribution is -2.23. The number of aromatic nitrogens is 3. The van der Waals surface area contributed by atoms with Crippen LogP contribution < -0.4 is 4.90 Å². The third-order valence-corrected chi connectivity index (χ3v) is 4.14. The fraction of sp³-hybridized carbons (Fsp3) is 0.222. The topological polar surface area (TPSA) is 78.8 Å². The van der Waals surface area contributed by atoms with Crippen molar-refractivity contribution >= 4 is 5.69 Å². The van der Waals surface area contributed by atoms with Crippen LogP contribution in [0.1, 0.15) is 23.4 Å². The smallest absolute Gasteiger partial charge is 0.229 e. The molecule has 6 nitrogen and oxygen atoms in total. The molecule has 4 rings (SSSR count). The van der Waals surface area contributed by atoms with Crippen molar-refractivity contribution in [3.8, 4) is 17.5 Å². The Morgan fingerprint density at radius 1 is 1.20 bits per heavy atom. The van der Waals surface area contributed by atoms with Crippen LogP contribution in [0.5, 0.6) is 0 Å². The molecule has 0 fully saturated rings. The summed E-state index contributed by atoms with van der Waals surface area (Å²) in [6, 6.07) is 6.36. The molecular weight excluding hydrogens is 321 g/mol. The summed E-state index contributed by atoms with van der Waals surface area (Å²) < 4.78 is 19.6. The van der Waals surface area contributed by atoms with Gasteiger partial charge in [0.25, 0.3) is 0 Å². The van der Waals surface area contributed by atoms with Gasteiger partial charge in [0, 0.05) is 31.0 Å². The summed E-state index contributed by atoms with van der Waals surface area (Å²) in [7, 11) is 0. The normalized spacial score (nSPS) is 13.8. The van der Waals surface area contributed by atoms with E-state index in [2.05, 4.69) is 15.0 Å². The van der Waals surface area contributed by atoms with Gasteiger partial charge in [0.2, 0.25) is 5.89 Å². The fourth-order valence-corrected chi connectivity index (χ4v) is 2.97. The predicted octanol–water partition coefficient (Wildman–Crippen LogP) is 3.10. The lowest BCUT2D eigenvalue weighted by atomic mass is 10.2. The first-order chi connectivity index (χ1) is 12.2. The first kappa shape index (κ1) is 15.3. The molecule has 2 aromatic heterocycles. The van der Waals surface area contributed by atoms with E-state index < -0.39 is 5.82 Å². The largest absolute Gasteiger partial charge is 0.441 e. The van der Waals surface area contributed by atoms with Crippen LogP contribution in [-0.4, -0.2) is 21.5 Å². The molecule has 1 aromatic carbocycles. The number of nitriles is 1. The summed E-state index contributed by atoms with van der Waals surface area (Å²) in [5.74, 6) is 0.906. The van der Waals surface area contributed by atoms with E-state index in [1.165, 1.54) is 18.5 Å². The second-order valence-electron chi connectivity index (χ2n) is 5.85. The zero-order valence-electron chi connectivity index (χ0n) is 13.3. The Bertz CT molecular complexity index is 948. The van der Waals surface area contributed by atoms with E-state index in [1.54, 1.807) is 18.5 Å². The highest BCUT2D eigenvalue weighted by Crippen LogP contribution is 2.28. The highest BCUT2D eigenvalue weighted by molar-refractivity contribution is 5.54. The van der Waals surface area contributed by atoms with Gasteiger partial charge in [0.15, 0.2) is 0 Å². The van der Waals surface area contributed by atoms with Gasteiger partial charge in [-0.15, -0.1) is 0 Å². The molecular formula is C18H14FN5O. The molecule has 3 aromatic rings. The van der Waals surface area contributed by atoms with Crippen molar-refractivity contribution in [1.29, 1.82) is 5.26 Å². The van der Waals surface area contributed by atoms with Crippen LogP contribution in [0, 0.1) is 17.1 Å². The summed E-state index contributed by atoms with van der Waals surface area (Å²) in [6.07, 6.45) is 6.37. The minimum Gasteiger partial charge on any atom is -0.441 e. The van der Waals surface area contributed by atoms with E-state index in [4.69, 9.17) is 9.68 Å². The average molecular weight is 335 g/mol. The van der Waals surface area contributed by atoms with Crippen LogP contribution in [0.25, 0.3) is 11.5 Å². The number of rotatable bonds is 2. The van der Waals surface area contributed by atoms with Crippen molar-refractivity contribution in [2.24, 2.45) is 0 Å². The number of anilines is 1. The van der Waals surface area contributed by atoms with E-state index in [1.807, 2.05) is 11.0 Å². The summed E-state index contributed by atoms with van der Waals surface area (Å²) in [5, 5.41) is 9.05. The predicted molar refractivity (Wildman–Crippen MR) is 88.0 cm³/mol. The number of benzene rings is 1. The Kier molecular flexibility index (Phi) is 3.86. The van der Waals surface area contributed by atoms with Gasteiger partial charge in [-0.3, -0.25) is 0 Å². The lowest BCUT2D eigenvalue weighted by molar-refractivity contribution is 0.512. The van der Waals surface area contributed by atoms with Crippen LogP contribution in [0.4, 0.5) is 10.1 Å². The maximum atomic E-state index is 13.8. The molecule has 124 valence electrons. The Morgan fingerprint density at radius 2 is 2.04 bits per heavy atom. The van der Waals surface area contributed by atoms with Gasteiger partial charge in [-0.05, 0) is 24.6 Å². The van der Waals surface area contributed by atoms with Crippen molar-refractivity contribution in [3.05, 3.63) is 59.8 Å². The van der Waals surface area contributed by atoms with Gasteiger partial charge in [0.05, 0.1) is 23.7 Å². The Balaban J connectivity index is 1.67. The molecule has 0 N–H and O–H groups in total. The minimum atomic E-state index is -0.416. The number of hydrogen-bond donors (Lipinski definition) is 0. The van der Waals surface area contributed by atoms with Crippen molar-refractivity contribution in [2.75, 3.05) is 11.4 Å². The van der Waals surface area contributed by atoms with Gasteiger partial charge >= 0.3 is 0 Å². The van der Waals surface area contributed by atoms with Crippen molar-refractivity contribution < 1.29 is 8.81 Å². The van der Waals surface area contributed by atoms with Gasteiger partial charge in [-0.1, -0.05) is 0 Å². The number of nitrogens with zero attached hydrogens (tertiary/aromatic N) is 5. The molecule has 0 unspecified atom stereocenters. The van der Waals surface area contributed by atoms with Crippen LogP contribution in [0.3, 0.4) is 0 Å². The Morgan fingerprint density at radius 3 is 2.84 bits per heavy atom. The molecule has 0 aliphatic carbocycles. The molecule has 3 heterocycles. The first-order valence-electron chi connectivity index (χ1n) is 7.92. The zero-order valence-corrected chi connectivity index (χ0v) is 13.3. The zero-order chi connectivity index (χ0) is 17.2. The van der Waals surface area contributed by atoms with Crippen molar-refractivity contribution in [2.45, 2.75) is 19.4 Å². The minimum absolute atomic E-state index is 0.307. The number of hydrogen-bond acceptors (Lipinski definition) is 6. The SMILES string of the molecule is N#Cc1cc(F)cc(N2CCCc3oc(-c4cncnc4)nc3C2)c1. The summed E-state index contributed by atoms with van der Waals surface area (Å²) in [4.78, 5) is 14.6. The number of aryl methyl sites for hydroxylation is 1. The molecule has 0 saturated heterocycles. The second kappa shape index (κ2) is 6.32. The molecule has 25 heavy (non-hydrogen) atoms. The highest BCUT2D eigenvalue weighted by Gasteiger charge is 2.22. The van der Waals surface area contributed by atoms with E-state index in [0.29, 0.717) is 23.7 Å². The van der Waals surface area contributed by atoms with Crippen LogP contribution in [-0.2, 0) is 13.0 Å². The summed E-state index contributed by atoms with van der Waals surface area (Å²) in [6.45, 7) is 1.24. The van der Waals surface area contributed by atoms with Crippen molar-refractivity contribution in [1.82, 2.24) is 15.0 Å². The number of fused-ring (bicyclic) bond motifs is 1. The molecule has 1 aliphatic heterocycles. The molecule has 0 spiro atoms. The number of oxazole rings is 1. The van der Waals surface area contributed by atoms with Gasteiger partial charge in [0.1, 0.15) is 23.6 Å². The maximum absolute atomic E-state index is 13.8. The summed E-state index contributed by atoms with van der Waals surface area (Å²) >= 11 is 0. The van der Waals surface area contributed by atoms with Crippen LogP contribution in [0.15, 0.2) is 41.3 Å². The Hall–Kier alpha value is -3.27. The monoisotopic (exact) mass is 335 g/mol. The lowest BCUT2D eigenvalue weighted by Gasteiger charge is -2.22. The van der Waals surface area contributed by atoms with Crippen molar-refractivity contribution in [3.63, 3.8) is 0 Å². The fourth-order valence-electron chi connectivity index (χ4n) is 2.97.